The van der Waals surface area contributed by atoms with Gasteiger partial charge in [-0.05, 0) is 36.1 Å². The lowest BCUT2D eigenvalue weighted by atomic mass is 10.1. The molecular weight excluding hydrogens is 242 g/mol. The molecule has 100 valence electrons. The molecule has 1 fully saturated rings. The van der Waals surface area contributed by atoms with Crippen LogP contribution in [0, 0.1) is 0 Å². The van der Waals surface area contributed by atoms with E-state index < -0.39 is 0 Å². The quantitative estimate of drug-likeness (QED) is 0.829. The Balaban J connectivity index is 1.74. The van der Waals surface area contributed by atoms with E-state index in [2.05, 4.69) is 36.1 Å². The van der Waals surface area contributed by atoms with Crippen LogP contribution in [0.4, 0.5) is 0 Å². The minimum atomic E-state index is 0.131. The lowest BCUT2D eigenvalue weighted by Gasteiger charge is -2.13. The summed E-state index contributed by atoms with van der Waals surface area (Å²) in [5.74, 6) is 1.24. The zero-order chi connectivity index (χ0) is 12.8. The van der Waals surface area contributed by atoms with Crippen LogP contribution in [0.3, 0.4) is 0 Å². The standard InChI is InChI=1S/C15H23NOS/c1-2-18-15-8-7-14(9-15)16-10-12-3-5-13(11-17)6-4-12/h3-6,14-17H,2,7-11H2,1H3. The van der Waals surface area contributed by atoms with Gasteiger partial charge < -0.3 is 10.4 Å². The molecule has 1 saturated carbocycles. The van der Waals surface area contributed by atoms with Crippen LogP contribution in [-0.4, -0.2) is 22.2 Å². The topological polar surface area (TPSA) is 32.3 Å². The third-order valence-corrected chi connectivity index (χ3v) is 4.82. The Hall–Kier alpha value is -0.510. The van der Waals surface area contributed by atoms with Gasteiger partial charge in [-0.3, -0.25) is 0 Å². The van der Waals surface area contributed by atoms with Gasteiger partial charge in [0, 0.05) is 17.8 Å². The Labute approximate surface area is 114 Å². The molecule has 0 heterocycles. The molecule has 1 aromatic carbocycles. The Morgan fingerprint density at radius 1 is 1.22 bits per heavy atom. The van der Waals surface area contributed by atoms with E-state index in [0.717, 1.165) is 17.4 Å². The number of hydrogen-bond donors (Lipinski definition) is 2. The van der Waals surface area contributed by atoms with Crippen molar-refractivity contribution >= 4 is 11.8 Å². The smallest absolute Gasteiger partial charge is 0.0681 e. The summed E-state index contributed by atoms with van der Waals surface area (Å²) < 4.78 is 0. The number of hydrogen-bond acceptors (Lipinski definition) is 3. The molecule has 1 aromatic rings. The van der Waals surface area contributed by atoms with E-state index in [1.165, 1.54) is 30.6 Å². The molecule has 0 amide bonds. The first-order valence-corrected chi connectivity index (χ1v) is 7.90. The third kappa shape index (κ3) is 4.01. The zero-order valence-corrected chi connectivity index (χ0v) is 11.9. The average molecular weight is 265 g/mol. The second-order valence-corrected chi connectivity index (χ2v) is 6.52. The van der Waals surface area contributed by atoms with Crippen LogP contribution in [0.2, 0.25) is 0 Å². The fourth-order valence-electron chi connectivity index (χ4n) is 2.54. The van der Waals surface area contributed by atoms with E-state index in [9.17, 15) is 0 Å². The molecule has 2 N–H and O–H groups in total. The second kappa shape index (κ2) is 7.17. The van der Waals surface area contributed by atoms with Crippen molar-refractivity contribution in [1.82, 2.24) is 5.32 Å². The van der Waals surface area contributed by atoms with Crippen molar-refractivity contribution in [2.24, 2.45) is 0 Å². The van der Waals surface area contributed by atoms with Crippen molar-refractivity contribution in [3.8, 4) is 0 Å². The highest BCUT2D eigenvalue weighted by molar-refractivity contribution is 7.99. The molecule has 0 aliphatic heterocycles. The van der Waals surface area contributed by atoms with Gasteiger partial charge in [0.25, 0.3) is 0 Å². The van der Waals surface area contributed by atoms with Gasteiger partial charge in [-0.15, -0.1) is 0 Å². The zero-order valence-electron chi connectivity index (χ0n) is 11.1. The molecule has 1 aliphatic rings. The lowest BCUT2D eigenvalue weighted by molar-refractivity contribution is 0.282. The Morgan fingerprint density at radius 3 is 2.61 bits per heavy atom. The Morgan fingerprint density at radius 2 is 1.94 bits per heavy atom. The maximum Gasteiger partial charge on any atom is 0.0681 e. The van der Waals surface area contributed by atoms with Gasteiger partial charge in [0.2, 0.25) is 0 Å². The second-order valence-electron chi connectivity index (χ2n) is 4.94. The van der Waals surface area contributed by atoms with E-state index in [1.807, 2.05) is 12.1 Å². The normalized spacial score (nSPS) is 23.4. The van der Waals surface area contributed by atoms with Crippen molar-refractivity contribution in [3.05, 3.63) is 35.4 Å². The van der Waals surface area contributed by atoms with Gasteiger partial charge in [0.1, 0.15) is 0 Å². The predicted octanol–water partition coefficient (Wildman–Crippen LogP) is 2.94. The van der Waals surface area contributed by atoms with Crippen LogP contribution in [-0.2, 0) is 13.2 Å². The van der Waals surface area contributed by atoms with E-state index in [0.29, 0.717) is 6.04 Å². The molecular formula is C15H23NOS. The molecule has 1 aliphatic carbocycles. The number of aliphatic hydroxyl groups is 1. The van der Waals surface area contributed by atoms with Crippen LogP contribution in [0.25, 0.3) is 0 Å². The van der Waals surface area contributed by atoms with Gasteiger partial charge >= 0.3 is 0 Å². The minimum Gasteiger partial charge on any atom is -0.392 e. The van der Waals surface area contributed by atoms with Crippen molar-refractivity contribution < 1.29 is 5.11 Å². The van der Waals surface area contributed by atoms with Crippen molar-refractivity contribution in [1.29, 1.82) is 0 Å². The summed E-state index contributed by atoms with van der Waals surface area (Å²) in [4.78, 5) is 0. The van der Waals surface area contributed by atoms with E-state index in [4.69, 9.17) is 5.11 Å². The molecule has 0 radical (unpaired) electrons. The number of rotatable bonds is 6. The average Bonchev–Trinajstić information content (AvgIpc) is 2.85. The molecule has 2 nitrogen and oxygen atoms in total. The Kier molecular flexibility index (Phi) is 5.54. The Bertz CT molecular complexity index is 352. The molecule has 0 bridgehead atoms. The van der Waals surface area contributed by atoms with E-state index in [-0.39, 0.29) is 6.61 Å². The predicted molar refractivity (Wildman–Crippen MR) is 78.8 cm³/mol. The van der Waals surface area contributed by atoms with Crippen LogP contribution < -0.4 is 5.32 Å². The van der Waals surface area contributed by atoms with E-state index in [1.54, 1.807) is 0 Å². The summed E-state index contributed by atoms with van der Waals surface area (Å²) in [7, 11) is 0. The number of nitrogens with one attached hydrogen (secondary N) is 1. The van der Waals surface area contributed by atoms with Crippen LogP contribution >= 0.6 is 11.8 Å². The highest BCUT2D eigenvalue weighted by Crippen LogP contribution is 2.29. The van der Waals surface area contributed by atoms with Crippen molar-refractivity contribution in [3.63, 3.8) is 0 Å². The minimum absolute atomic E-state index is 0.131. The SMILES string of the molecule is CCSC1CCC(NCc2ccc(CO)cc2)C1. The first-order valence-electron chi connectivity index (χ1n) is 6.85. The first-order chi connectivity index (χ1) is 8.81. The summed E-state index contributed by atoms with van der Waals surface area (Å²) in [6.07, 6.45) is 3.99. The maximum atomic E-state index is 8.99. The summed E-state index contributed by atoms with van der Waals surface area (Å²) in [5, 5.41) is 13.5. The summed E-state index contributed by atoms with van der Waals surface area (Å²) >= 11 is 2.10. The summed E-state index contributed by atoms with van der Waals surface area (Å²) in [6, 6.07) is 8.90. The highest BCUT2D eigenvalue weighted by Gasteiger charge is 2.23. The fraction of sp³-hybridized carbons (Fsp3) is 0.600. The monoisotopic (exact) mass is 265 g/mol. The third-order valence-electron chi connectivity index (χ3n) is 3.59. The molecule has 0 spiro atoms. The molecule has 0 saturated heterocycles. The van der Waals surface area contributed by atoms with Crippen LogP contribution in [0.5, 0.6) is 0 Å². The van der Waals surface area contributed by atoms with Gasteiger partial charge in [0.15, 0.2) is 0 Å². The molecule has 0 aromatic heterocycles. The summed E-state index contributed by atoms with van der Waals surface area (Å²) in [6.45, 7) is 3.32. The van der Waals surface area contributed by atoms with Crippen molar-refractivity contribution in [2.75, 3.05) is 5.75 Å². The van der Waals surface area contributed by atoms with E-state index >= 15 is 0 Å². The number of thioether (sulfide) groups is 1. The summed E-state index contributed by atoms with van der Waals surface area (Å²) in [5.41, 5.74) is 2.29. The molecule has 2 atom stereocenters. The fourth-order valence-corrected chi connectivity index (χ4v) is 3.68. The van der Waals surface area contributed by atoms with Gasteiger partial charge in [-0.2, -0.15) is 11.8 Å². The first kappa shape index (κ1) is 13.9. The van der Waals surface area contributed by atoms with Crippen LogP contribution in [0.1, 0.15) is 37.3 Å². The molecule has 2 unspecified atom stereocenters. The van der Waals surface area contributed by atoms with Gasteiger partial charge in [-0.1, -0.05) is 31.2 Å². The molecule has 2 rings (SSSR count). The molecule has 18 heavy (non-hydrogen) atoms. The number of benzene rings is 1. The van der Waals surface area contributed by atoms with Gasteiger partial charge in [-0.25, -0.2) is 0 Å². The largest absolute Gasteiger partial charge is 0.392 e. The number of aliphatic hydroxyl groups excluding tert-OH is 1. The van der Waals surface area contributed by atoms with Crippen LogP contribution in [0.15, 0.2) is 24.3 Å². The highest BCUT2D eigenvalue weighted by atomic mass is 32.2. The van der Waals surface area contributed by atoms with Gasteiger partial charge in [0.05, 0.1) is 6.61 Å². The lowest BCUT2D eigenvalue weighted by Crippen LogP contribution is -2.26. The maximum absolute atomic E-state index is 8.99. The van der Waals surface area contributed by atoms with Crippen molar-refractivity contribution in [2.45, 2.75) is 50.6 Å². The molecule has 3 heteroatoms.